The molecule has 0 saturated carbocycles. The van der Waals surface area contributed by atoms with Gasteiger partial charge >= 0.3 is 0 Å². The fraction of sp³-hybridized carbons (Fsp3) is 0.259. The molecule has 0 saturated heterocycles. The van der Waals surface area contributed by atoms with Crippen molar-refractivity contribution in [3.05, 3.63) is 77.9 Å². The molecule has 2 heterocycles. The molecule has 1 N–H and O–H groups in total. The molecule has 0 aliphatic rings. The van der Waals surface area contributed by atoms with Crippen LogP contribution >= 0.6 is 0 Å². The first-order valence-corrected chi connectivity index (χ1v) is 11.5. The Balaban J connectivity index is 1.53. The van der Waals surface area contributed by atoms with Gasteiger partial charge in [0.2, 0.25) is 0 Å². The van der Waals surface area contributed by atoms with Gasteiger partial charge < -0.3 is 4.74 Å². The van der Waals surface area contributed by atoms with Crippen molar-refractivity contribution >= 4 is 11.0 Å². The molecule has 0 aliphatic carbocycles. The van der Waals surface area contributed by atoms with Crippen LogP contribution in [0.25, 0.3) is 33.5 Å². The van der Waals surface area contributed by atoms with Crippen molar-refractivity contribution in [1.82, 2.24) is 30.2 Å². The van der Waals surface area contributed by atoms with Crippen LogP contribution in [0, 0.1) is 0 Å². The first-order valence-electron chi connectivity index (χ1n) is 11.5. The molecule has 5 rings (SSSR count). The van der Waals surface area contributed by atoms with Crippen LogP contribution in [0.4, 0.5) is 0 Å². The minimum absolute atomic E-state index is 0.0100. The summed E-state index contributed by atoms with van der Waals surface area (Å²) in [6, 6.07) is 23.7. The molecule has 0 amide bonds. The minimum atomic E-state index is -0.0100. The lowest BCUT2D eigenvalue weighted by molar-refractivity contribution is 0.301. The van der Waals surface area contributed by atoms with Crippen LogP contribution in [0.1, 0.15) is 38.8 Å². The summed E-state index contributed by atoms with van der Waals surface area (Å²) in [4.78, 5) is 4.80. The normalized spacial score (nSPS) is 11.8. The molecule has 0 aliphatic heterocycles. The monoisotopic (exact) mass is 452 g/mol. The van der Waals surface area contributed by atoms with Gasteiger partial charge in [-0.2, -0.15) is 4.98 Å². The van der Waals surface area contributed by atoms with Crippen LogP contribution in [0.15, 0.2) is 66.7 Å². The van der Waals surface area contributed by atoms with Crippen molar-refractivity contribution in [2.75, 3.05) is 6.61 Å². The third kappa shape index (κ3) is 4.05. The second kappa shape index (κ2) is 8.74. The van der Waals surface area contributed by atoms with Crippen LogP contribution in [0.2, 0.25) is 0 Å². The molecule has 5 aromatic rings. The van der Waals surface area contributed by atoms with E-state index in [9.17, 15) is 0 Å². The Morgan fingerprint density at radius 1 is 0.912 bits per heavy atom. The van der Waals surface area contributed by atoms with Crippen LogP contribution in [-0.2, 0) is 12.0 Å². The average Bonchev–Trinajstić information content (AvgIpc) is 3.48. The van der Waals surface area contributed by atoms with Gasteiger partial charge in [0.15, 0.2) is 5.82 Å². The van der Waals surface area contributed by atoms with E-state index >= 15 is 0 Å². The van der Waals surface area contributed by atoms with Crippen molar-refractivity contribution in [2.45, 2.75) is 39.7 Å². The topological polar surface area (TPSA) is 81.5 Å². The van der Waals surface area contributed by atoms with Gasteiger partial charge in [0.05, 0.1) is 24.2 Å². The summed E-state index contributed by atoms with van der Waals surface area (Å²) in [5.74, 6) is 0.653. The van der Waals surface area contributed by atoms with Gasteiger partial charge in [-0.05, 0) is 51.1 Å². The third-order valence-electron chi connectivity index (χ3n) is 5.95. The van der Waals surface area contributed by atoms with E-state index in [0.29, 0.717) is 25.0 Å². The summed E-state index contributed by atoms with van der Waals surface area (Å²) >= 11 is 0. The van der Waals surface area contributed by atoms with E-state index in [1.807, 2.05) is 25.1 Å². The van der Waals surface area contributed by atoms with E-state index in [1.165, 1.54) is 11.1 Å². The molecule has 0 spiro atoms. The third-order valence-corrected chi connectivity index (χ3v) is 5.95. The van der Waals surface area contributed by atoms with E-state index in [2.05, 4.69) is 94.5 Å². The lowest BCUT2D eigenvalue weighted by atomic mass is 9.86. The number of fused-ring (bicyclic) bond motifs is 1. The summed E-state index contributed by atoms with van der Waals surface area (Å²) in [6.07, 6.45) is 0. The Morgan fingerprint density at radius 3 is 2.35 bits per heavy atom. The smallest absolute Gasteiger partial charge is 0.297 e. The Hall–Kier alpha value is -4.00. The van der Waals surface area contributed by atoms with Crippen molar-refractivity contribution in [1.29, 1.82) is 0 Å². The lowest BCUT2D eigenvalue weighted by Crippen LogP contribution is -2.14. The van der Waals surface area contributed by atoms with E-state index in [4.69, 9.17) is 9.72 Å². The SMILES string of the molecule is CCOc1nc2cccc(C(C)(C)C)c2n1Cc1ccc(-c2ccccc2-c2nnn[nH]2)cc1. The second-order valence-corrected chi connectivity index (χ2v) is 9.33. The van der Waals surface area contributed by atoms with Gasteiger partial charge in [-0.3, -0.25) is 4.57 Å². The molecule has 7 nitrogen and oxygen atoms in total. The number of H-pyrrole nitrogens is 1. The maximum absolute atomic E-state index is 5.94. The number of nitrogens with zero attached hydrogens (tertiary/aromatic N) is 5. The Kier molecular flexibility index (Phi) is 5.61. The largest absolute Gasteiger partial charge is 0.465 e. The van der Waals surface area contributed by atoms with Crippen LogP contribution in [0.5, 0.6) is 6.01 Å². The number of hydrogen-bond acceptors (Lipinski definition) is 5. The first-order chi connectivity index (χ1) is 16.5. The van der Waals surface area contributed by atoms with Crippen molar-refractivity contribution in [3.8, 4) is 28.5 Å². The summed E-state index contributed by atoms with van der Waals surface area (Å²) in [7, 11) is 0. The molecular weight excluding hydrogens is 424 g/mol. The number of aromatic nitrogens is 6. The van der Waals surface area contributed by atoms with Gasteiger partial charge in [-0.15, -0.1) is 5.10 Å². The summed E-state index contributed by atoms with van der Waals surface area (Å²) in [6.45, 7) is 9.93. The maximum Gasteiger partial charge on any atom is 0.297 e. The number of nitrogens with one attached hydrogen (secondary N) is 1. The van der Waals surface area contributed by atoms with Gasteiger partial charge in [-0.1, -0.05) is 81.4 Å². The summed E-state index contributed by atoms with van der Waals surface area (Å²) < 4.78 is 8.14. The maximum atomic E-state index is 5.94. The van der Waals surface area contributed by atoms with E-state index in [1.54, 1.807) is 0 Å². The van der Waals surface area contributed by atoms with Crippen LogP contribution in [-0.4, -0.2) is 36.8 Å². The number of para-hydroxylation sites is 1. The number of tetrazole rings is 1. The average molecular weight is 453 g/mol. The fourth-order valence-corrected chi connectivity index (χ4v) is 4.34. The highest BCUT2D eigenvalue weighted by Gasteiger charge is 2.22. The second-order valence-electron chi connectivity index (χ2n) is 9.33. The molecule has 3 aromatic carbocycles. The molecule has 0 atom stereocenters. The first kappa shape index (κ1) is 21.8. The Morgan fingerprint density at radius 2 is 1.68 bits per heavy atom. The molecule has 2 aromatic heterocycles. The highest BCUT2D eigenvalue weighted by atomic mass is 16.5. The quantitative estimate of drug-likeness (QED) is 0.361. The van der Waals surface area contributed by atoms with E-state index in [0.717, 1.165) is 27.7 Å². The fourth-order valence-electron chi connectivity index (χ4n) is 4.34. The number of imidazole rings is 1. The van der Waals surface area contributed by atoms with Crippen molar-refractivity contribution in [3.63, 3.8) is 0 Å². The highest BCUT2D eigenvalue weighted by molar-refractivity contribution is 5.82. The number of benzene rings is 3. The van der Waals surface area contributed by atoms with Crippen LogP contribution in [0.3, 0.4) is 0 Å². The number of ether oxygens (including phenoxy) is 1. The zero-order valence-corrected chi connectivity index (χ0v) is 19.9. The standard InChI is InChI=1S/C27H28N6O/c1-5-34-26-28-23-12-8-11-22(27(2,3)4)24(23)33(26)17-18-13-15-19(16-14-18)20-9-6-7-10-21(20)25-29-31-32-30-25/h6-16H,5,17H2,1-4H3,(H,29,30,31,32). The molecule has 0 fully saturated rings. The highest BCUT2D eigenvalue weighted by Crippen LogP contribution is 2.34. The van der Waals surface area contributed by atoms with E-state index in [-0.39, 0.29) is 5.41 Å². The Labute approximate surface area is 198 Å². The van der Waals surface area contributed by atoms with Crippen LogP contribution < -0.4 is 4.74 Å². The zero-order valence-electron chi connectivity index (χ0n) is 19.9. The molecule has 0 radical (unpaired) electrons. The van der Waals surface area contributed by atoms with Crippen molar-refractivity contribution < 1.29 is 4.74 Å². The molecular formula is C27H28N6O. The number of aromatic amines is 1. The Bertz CT molecular complexity index is 1410. The van der Waals surface area contributed by atoms with Gasteiger partial charge in [-0.25, -0.2) is 5.10 Å². The summed E-state index contributed by atoms with van der Waals surface area (Å²) in [5.41, 5.74) is 7.66. The van der Waals surface area contributed by atoms with Gasteiger partial charge in [0, 0.05) is 5.56 Å². The number of rotatable bonds is 6. The van der Waals surface area contributed by atoms with Crippen molar-refractivity contribution in [2.24, 2.45) is 0 Å². The molecule has 34 heavy (non-hydrogen) atoms. The molecule has 0 unspecified atom stereocenters. The van der Waals surface area contributed by atoms with Gasteiger partial charge in [0.25, 0.3) is 6.01 Å². The van der Waals surface area contributed by atoms with E-state index < -0.39 is 0 Å². The lowest BCUT2D eigenvalue weighted by Gasteiger charge is -2.21. The number of hydrogen-bond donors (Lipinski definition) is 1. The molecule has 7 heteroatoms. The molecule has 172 valence electrons. The summed E-state index contributed by atoms with van der Waals surface area (Å²) in [5, 5.41) is 14.4. The predicted molar refractivity (Wildman–Crippen MR) is 134 cm³/mol. The van der Waals surface area contributed by atoms with Gasteiger partial charge in [0.1, 0.15) is 0 Å². The minimum Gasteiger partial charge on any atom is -0.465 e. The predicted octanol–water partition coefficient (Wildman–Crippen LogP) is 5.63. The zero-order chi connectivity index (χ0) is 23.7. The molecule has 0 bridgehead atoms.